The number of ether oxygens (including phenoxy) is 1. The number of carbonyl (C=O) groups is 3. The molecule has 2 amide bonds. The molecule has 1 rings (SSSR count). The second kappa shape index (κ2) is 12.4. The maximum Gasteiger partial charge on any atom is 0.408 e. The molecule has 1 aromatic rings. The molecule has 1 atom stereocenters. The Hall–Kier alpha value is -2.02. The van der Waals surface area contributed by atoms with Gasteiger partial charge < -0.3 is 20.2 Å². The molecule has 0 aliphatic heterocycles. The van der Waals surface area contributed by atoms with E-state index in [1.54, 1.807) is 0 Å². The summed E-state index contributed by atoms with van der Waals surface area (Å²) < 4.78 is 5.12. The summed E-state index contributed by atoms with van der Waals surface area (Å²) in [6.07, 6.45) is 2.56. The number of alkyl carbamates (subject to hydrolysis) is 1. The standard InChI is InChI=1S/C17H24N2O4S/c20-11-6-2-5-10-18-16(21)15(9-12-24)19-17(22)23-13-14-7-3-1-4-8-14/h1,3-4,7-8,11,15,24H,2,5-6,9-10,12-13H2,(H,18,21)(H,19,22)/t15-/m0/s1. The minimum Gasteiger partial charge on any atom is -0.445 e. The summed E-state index contributed by atoms with van der Waals surface area (Å²) in [5, 5.41) is 5.31. The second-order valence-corrected chi connectivity index (χ2v) is 5.67. The van der Waals surface area contributed by atoms with Gasteiger partial charge in [0.1, 0.15) is 18.9 Å². The van der Waals surface area contributed by atoms with Crippen LogP contribution in [0.15, 0.2) is 30.3 Å². The van der Waals surface area contributed by atoms with E-state index in [-0.39, 0.29) is 12.5 Å². The lowest BCUT2D eigenvalue weighted by molar-refractivity contribution is -0.123. The topological polar surface area (TPSA) is 84.5 Å². The second-order valence-electron chi connectivity index (χ2n) is 5.22. The normalized spacial score (nSPS) is 11.4. The molecule has 0 saturated heterocycles. The summed E-state index contributed by atoms with van der Waals surface area (Å²) in [6, 6.07) is 8.62. The van der Waals surface area contributed by atoms with Crippen molar-refractivity contribution < 1.29 is 19.1 Å². The molecule has 132 valence electrons. The van der Waals surface area contributed by atoms with Crippen molar-refractivity contribution in [2.75, 3.05) is 12.3 Å². The van der Waals surface area contributed by atoms with Crippen molar-refractivity contribution in [3.05, 3.63) is 35.9 Å². The van der Waals surface area contributed by atoms with Crippen molar-refractivity contribution in [3.63, 3.8) is 0 Å². The van der Waals surface area contributed by atoms with Gasteiger partial charge in [0, 0.05) is 13.0 Å². The summed E-state index contributed by atoms with van der Waals surface area (Å²) in [7, 11) is 0. The molecule has 0 unspecified atom stereocenters. The molecule has 0 spiro atoms. The Morgan fingerprint density at radius 3 is 2.62 bits per heavy atom. The number of hydrogen-bond donors (Lipinski definition) is 3. The van der Waals surface area contributed by atoms with Crippen LogP contribution in [-0.4, -0.2) is 36.6 Å². The number of thiol groups is 1. The van der Waals surface area contributed by atoms with E-state index in [2.05, 4.69) is 23.3 Å². The zero-order chi connectivity index (χ0) is 17.6. The molecule has 0 aliphatic carbocycles. The van der Waals surface area contributed by atoms with Crippen molar-refractivity contribution in [1.29, 1.82) is 0 Å². The first-order valence-corrected chi connectivity index (χ1v) is 8.60. The first kappa shape index (κ1) is 20.0. The lowest BCUT2D eigenvalue weighted by atomic mass is 10.2. The van der Waals surface area contributed by atoms with Gasteiger partial charge in [0.25, 0.3) is 0 Å². The molecule has 0 heterocycles. The van der Waals surface area contributed by atoms with Crippen LogP contribution < -0.4 is 10.6 Å². The Labute approximate surface area is 147 Å². The number of aldehydes is 1. The lowest BCUT2D eigenvalue weighted by Crippen LogP contribution is -2.47. The largest absolute Gasteiger partial charge is 0.445 e. The lowest BCUT2D eigenvalue weighted by Gasteiger charge is -2.17. The minimum absolute atomic E-state index is 0.146. The van der Waals surface area contributed by atoms with Crippen LogP contribution >= 0.6 is 12.6 Å². The molecule has 2 N–H and O–H groups in total. The van der Waals surface area contributed by atoms with Crippen molar-refractivity contribution in [2.45, 2.75) is 38.3 Å². The van der Waals surface area contributed by atoms with E-state index >= 15 is 0 Å². The smallest absolute Gasteiger partial charge is 0.408 e. The molecule has 7 heteroatoms. The third-order valence-corrected chi connectivity index (χ3v) is 3.55. The highest BCUT2D eigenvalue weighted by molar-refractivity contribution is 7.80. The van der Waals surface area contributed by atoms with Crippen molar-refractivity contribution in [3.8, 4) is 0 Å². The molecular weight excluding hydrogens is 328 g/mol. The average Bonchev–Trinajstić information content (AvgIpc) is 2.60. The van der Waals surface area contributed by atoms with Crippen molar-refractivity contribution in [2.24, 2.45) is 0 Å². The minimum atomic E-state index is -0.683. The summed E-state index contributed by atoms with van der Waals surface area (Å²) in [4.78, 5) is 34.2. The highest BCUT2D eigenvalue weighted by atomic mass is 32.1. The number of rotatable bonds is 11. The van der Waals surface area contributed by atoms with Gasteiger partial charge in [0.15, 0.2) is 0 Å². The van der Waals surface area contributed by atoms with Gasteiger partial charge in [-0.3, -0.25) is 4.79 Å². The number of hydrogen-bond acceptors (Lipinski definition) is 5. The van der Waals surface area contributed by atoms with E-state index in [0.29, 0.717) is 25.1 Å². The Morgan fingerprint density at radius 2 is 1.96 bits per heavy atom. The zero-order valence-electron chi connectivity index (χ0n) is 13.6. The van der Waals surface area contributed by atoms with Crippen LogP contribution in [0, 0.1) is 0 Å². The predicted molar refractivity (Wildman–Crippen MR) is 94.9 cm³/mol. The van der Waals surface area contributed by atoms with Crippen LogP contribution in [0.5, 0.6) is 0 Å². The van der Waals surface area contributed by atoms with Crippen LogP contribution in [0.1, 0.15) is 31.2 Å². The molecule has 6 nitrogen and oxygen atoms in total. The van der Waals surface area contributed by atoms with Gasteiger partial charge in [-0.15, -0.1) is 0 Å². The first-order chi connectivity index (χ1) is 11.7. The number of amides is 2. The molecule has 0 bridgehead atoms. The Kier molecular flexibility index (Phi) is 10.4. The third kappa shape index (κ3) is 8.57. The molecular formula is C17H24N2O4S. The van der Waals surface area contributed by atoms with Gasteiger partial charge >= 0.3 is 6.09 Å². The van der Waals surface area contributed by atoms with E-state index in [9.17, 15) is 14.4 Å². The van der Waals surface area contributed by atoms with Crippen LogP contribution in [0.3, 0.4) is 0 Å². The third-order valence-electron chi connectivity index (χ3n) is 3.29. The van der Waals surface area contributed by atoms with E-state index < -0.39 is 12.1 Å². The van der Waals surface area contributed by atoms with E-state index in [0.717, 1.165) is 24.7 Å². The Morgan fingerprint density at radius 1 is 1.21 bits per heavy atom. The molecule has 0 aromatic heterocycles. The van der Waals surface area contributed by atoms with Gasteiger partial charge in [-0.25, -0.2) is 4.79 Å². The summed E-state index contributed by atoms with van der Waals surface area (Å²) in [6.45, 7) is 0.615. The maximum atomic E-state index is 12.1. The van der Waals surface area contributed by atoms with Crippen LogP contribution in [-0.2, 0) is 20.9 Å². The van der Waals surface area contributed by atoms with Gasteiger partial charge in [0.2, 0.25) is 5.91 Å². The molecule has 24 heavy (non-hydrogen) atoms. The number of nitrogens with one attached hydrogen (secondary N) is 2. The predicted octanol–water partition coefficient (Wildman–Crippen LogP) is 2.09. The fourth-order valence-corrected chi connectivity index (χ4v) is 2.25. The van der Waals surface area contributed by atoms with E-state index in [1.807, 2.05) is 30.3 Å². The average molecular weight is 352 g/mol. The quantitative estimate of drug-likeness (QED) is 0.323. The fraction of sp³-hybridized carbons (Fsp3) is 0.471. The summed E-state index contributed by atoms with van der Waals surface area (Å²) >= 11 is 4.11. The SMILES string of the molecule is O=CCCCCNC(=O)[C@H](CCS)NC(=O)OCc1ccccc1. The van der Waals surface area contributed by atoms with Crippen LogP contribution in [0.4, 0.5) is 4.79 Å². The fourth-order valence-electron chi connectivity index (χ4n) is 1.99. The van der Waals surface area contributed by atoms with Crippen LogP contribution in [0.25, 0.3) is 0 Å². The van der Waals surface area contributed by atoms with Crippen LogP contribution in [0.2, 0.25) is 0 Å². The van der Waals surface area contributed by atoms with Crippen molar-refractivity contribution >= 4 is 30.9 Å². The van der Waals surface area contributed by atoms with E-state index in [4.69, 9.17) is 4.74 Å². The highest BCUT2D eigenvalue weighted by Gasteiger charge is 2.20. The summed E-state index contributed by atoms with van der Waals surface area (Å²) in [5.41, 5.74) is 0.873. The molecule has 0 aliphatic rings. The van der Waals surface area contributed by atoms with Gasteiger partial charge in [-0.1, -0.05) is 30.3 Å². The zero-order valence-corrected chi connectivity index (χ0v) is 14.5. The van der Waals surface area contributed by atoms with Gasteiger partial charge in [-0.05, 0) is 30.6 Å². The Bertz CT molecular complexity index is 511. The number of benzene rings is 1. The highest BCUT2D eigenvalue weighted by Crippen LogP contribution is 2.02. The molecule has 0 saturated carbocycles. The summed E-state index contributed by atoms with van der Waals surface area (Å²) in [5.74, 6) is 0.189. The Balaban J connectivity index is 2.35. The molecule has 1 aromatic carbocycles. The molecule has 0 radical (unpaired) electrons. The number of carbonyl (C=O) groups excluding carboxylic acids is 3. The van der Waals surface area contributed by atoms with Crippen molar-refractivity contribution in [1.82, 2.24) is 10.6 Å². The first-order valence-electron chi connectivity index (χ1n) is 7.96. The maximum absolute atomic E-state index is 12.1. The van der Waals surface area contributed by atoms with E-state index in [1.165, 1.54) is 0 Å². The van der Waals surface area contributed by atoms with Gasteiger partial charge in [-0.2, -0.15) is 12.6 Å². The number of unbranched alkanes of at least 4 members (excludes halogenated alkanes) is 2. The van der Waals surface area contributed by atoms with Gasteiger partial charge in [0.05, 0.1) is 0 Å². The molecule has 0 fully saturated rings. The monoisotopic (exact) mass is 352 g/mol.